The molecule has 0 aromatic heterocycles. The van der Waals surface area contributed by atoms with Crippen molar-refractivity contribution >= 4 is 52.2 Å². The largest absolute Gasteiger partial charge is 0.356 e. The zero-order valence-corrected chi connectivity index (χ0v) is 13.6. The summed E-state index contributed by atoms with van der Waals surface area (Å²) in [6.07, 6.45) is 2.11. The molecule has 2 heterocycles. The number of Topliss-reactive ketones (excluding diaryl/α,β-unsaturated/α-hetero) is 1. The first kappa shape index (κ1) is 15.7. The first-order chi connectivity index (χ1) is 8.55. The molecule has 0 N–H and O–H groups in total. The third kappa shape index (κ3) is 2.08. The number of hydrogen-bond acceptors (Lipinski definition) is 2. The van der Waals surface area contributed by atoms with Gasteiger partial charge in [0.15, 0.2) is 0 Å². The van der Waals surface area contributed by atoms with Crippen molar-refractivity contribution in [2.45, 2.75) is 47.1 Å². The predicted molar refractivity (Wildman–Crippen MR) is 79.3 cm³/mol. The number of allylic oxidation sites excluding steroid dienone is 1. The molecule has 0 aromatic rings. The van der Waals surface area contributed by atoms with E-state index in [1.807, 2.05) is 13.8 Å². The molecular formula is C13H14Cl4O2. The van der Waals surface area contributed by atoms with E-state index in [0.29, 0.717) is 12.8 Å². The third-order valence-electron chi connectivity index (χ3n) is 3.72. The molecule has 1 fully saturated rings. The smallest absolute Gasteiger partial charge is 0.211 e. The van der Waals surface area contributed by atoms with E-state index in [2.05, 4.69) is 6.58 Å². The maximum atomic E-state index is 12.4. The molecule has 1 saturated heterocycles. The van der Waals surface area contributed by atoms with Crippen LogP contribution in [0.25, 0.3) is 0 Å². The molecule has 2 rings (SSSR count). The van der Waals surface area contributed by atoms with Crippen molar-refractivity contribution in [2.24, 2.45) is 0 Å². The second-order valence-corrected chi connectivity index (χ2v) is 7.91. The lowest BCUT2D eigenvalue weighted by Crippen LogP contribution is -2.64. The topological polar surface area (TPSA) is 26.3 Å². The van der Waals surface area contributed by atoms with Crippen LogP contribution in [0.2, 0.25) is 0 Å². The summed E-state index contributed by atoms with van der Waals surface area (Å²) in [5.74, 6) is -0.627. The van der Waals surface area contributed by atoms with E-state index in [0.717, 1.165) is 11.1 Å². The van der Waals surface area contributed by atoms with Crippen molar-refractivity contribution in [3.05, 3.63) is 23.8 Å². The Morgan fingerprint density at radius 2 is 2.00 bits per heavy atom. The van der Waals surface area contributed by atoms with Gasteiger partial charge >= 0.3 is 0 Å². The van der Waals surface area contributed by atoms with Gasteiger partial charge in [0.05, 0.1) is 0 Å². The summed E-state index contributed by atoms with van der Waals surface area (Å²) in [7, 11) is 0. The van der Waals surface area contributed by atoms with Crippen molar-refractivity contribution < 1.29 is 9.53 Å². The van der Waals surface area contributed by atoms with Crippen LogP contribution in [0.1, 0.15) is 26.7 Å². The average molecular weight is 344 g/mol. The Labute approximate surface area is 132 Å². The van der Waals surface area contributed by atoms with Crippen molar-refractivity contribution in [1.82, 2.24) is 0 Å². The lowest BCUT2D eigenvalue weighted by Gasteiger charge is -2.47. The van der Waals surface area contributed by atoms with Gasteiger partial charge in [0.2, 0.25) is 14.4 Å². The van der Waals surface area contributed by atoms with Crippen molar-refractivity contribution in [1.29, 1.82) is 0 Å². The molecule has 106 valence electrons. The fourth-order valence-electron chi connectivity index (χ4n) is 2.53. The summed E-state index contributed by atoms with van der Waals surface area (Å²) < 4.78 is 2.30. The SMILES string of the molecule is C=C(C)CCC12OC(C=C1C)C(Cl)(Cl)C(=O)C2(Cl)Cl. The molecule has 2 atom stereocenters. The van der Waals surface area contributed by atoms with Crippen LogP contribution in [0.3, 0.4) is 0 Å². The summed E-state index contributed by atoms with van der Waals surface area (Å²) >= 11 is 24.7. The summed E-state index contributed by atoms with van der Waals surface area (Å²) in [6, 6.07) is 0. The average Bonchev–Trinajstić information content (AvgIpc) is 2.62. The normalized spacial score (nSPS) is 35.2. The van der Waals surface area contributed by atoms with Crippen LogP contribution in [0.15, 0.2) is 23.8 Å². The molecule has 6 heteroatoms. The second-order valence-electron chi connectivity index (χ2n) is 5.20. The minimum Gasteiger partial charge on any atom is -0.356 e. The first-order valence-electron chi connectivity index (χ1n) is 5.87. The number of ether oxygens (including phenoxy) is 1. The lowest BCUT2D eigenvalue weighted by molar-refractivity contribution is -0.142. The second kappa shape index (κ2) is 4.64. The standard InChI is InChI=1S/C13H14Cl4O2/c1-7(2)4-5-11-8(3)6-9(19-11)12(14,15)10(18)13(11,16)17/h6,9H,1,4-5H2,2-3H3. The Morgan fingerprint density at radius 1 is 1.42 bits per heavy atom. The van der Waals surface area contributed by atoms with Crippen molar-refractivity contribution in [3.8, 4) is 0 Å². The predicted octanol–water partition coefficient (Wildman–Crippen LogP) is 4.36. The van der Waals surface area contributed by atoms with E-state index in [1.165, 1.54) is 0 Å². The highest BCUT2D eigenvalue weighted by molar-refractivity contribution is 6.70. The van der Waals surface area contributed by atoms with Gasteiger partial charge in [0.1, 0.15) is 11.7 Å². The van der Waals surface area contributed by atoms with Gasteiger partial charge < -0.3 is 4.74 Å². The Balaban J connectivity index is 2.47. The van der Waals surface area contributed by atoms with Crippen molar-refractivity contribution in [2.75, 3.05) is 0 Å². The lowest BCUT2D eigenvalue weighted by atomic mass is 9.83. The Morgan fingerprint density at radius 3 is 2.53 bits per heavy atom. The number of halogens is 4. The number of ketones is 1. The van der Waals surface area contributed by atoms with Gasteiger partial charge in [-0.05, 0) is 32.3 Å². The fourth-order valence-corrected chi connectivity index (χ4v) is 4.10. The van der Waals surface area contributed by atoms with Crippen LogP contribution in [0.5, 0.6) is 0 Å². The highest BCUT2D eigenvalue weighted by Crippen LogP contribution is 2.59. The summed E-state index contributed by atoms with van der Waals surface area (Å²) in [6.45, 7) is 7.55. The number of carbonyl (C=O) groups is 1. The Hall–Kier alpha value is 0.270. The molecule has 2 aliphatic heterocycles. The molecule has 0 amide bonds. The molecule has 2 unspecified atom stereocenters. The molecule has 0 aromatic carbocycles. The van der Waals surface area contributed by atoms with E-state index in [4.69, 9.17) is 51.1 Å². The van der Waals surface area contributed by atoms with Crippen LogP contribution in [0, 0.1) is 0 Å². The number of hydrogen-bond donors (Lipinski definition) is 0. The zero-order valence-electron chi connectivity index (χ0n) is 10.6. The highest BCUT2D eigenvalue weighted by atomic mass is 35.5. The van der Waals surface area contributed by atoms with Gasteiger partial charge in [-0.2, -0.15) is 0 Å². The van der Waals surface area contributed by atoms with Gasteiger partial charge in [0, 0.05) is 0 Å². The summed E-state index contributed by atoms with van der Waals surface area (Å²) in [5.41, 5.74) is 0.657. The molecule has 2 nitrogen and oxygen atoms in total. The Bertz CT molecular complexity index is 481. The monoisotopic (exact) mass is 342 g/mol. The maximum Gasteiger partial charge on any atom is 0.211 e. The number of fused-ring (bicyclic) bond motifs is 2. The fraction of sp³-hybridized carbons (Fsp3) is 0.615. The number of rotatable bonds is 3. The van der Waals surface area contributed by atoms with Gasteiger partial charge in [0.25, 0.3) is 0 Å². The van der Waals surface area contributed by atoms with Crippen LogP contribution in [-0.2, 0) is 9.53 Å². The van der Waals surface area contributed by atoms with E-state index < -0.39 is 26.2 Å². The molecule has 0 radical (unpaired) electrons. The quantitative estimate of drug-likeness (QED) is 0.562. The highest BCUT2D eigenvalue weighted by Gasteiger charge is 2.70. The summed E-state index contributed by atoms with van der Waals surface area (Å²) in [4.78, 5) is 12.4. The van der Waals surface area contributed by atoms with Crippen LogP contribution < -0.4 is 0 Å². The zero-order chi connectivity index (χ0) is 14.6. The van der Waals surface area contributed by atoms with E-state index in [1.54, 1.807) is 6.08 Å². The first-order valence-corrected chi connectivity index (χ1v) is 7.38. The minimum absolute atomic E-state index is 0.462. The molecule has 19 heavy (non-hydrogen) atoms. The van der Waals surface area contributed by atoms with Gasteiger partial charge in [-0.3, -0.25) is 4.79 Å². The maximum absolute atomic E-state index is 12.4. The molecular weight excluding hydrogens is 330 g/mol. The Kier molecular flexibility index (Phi) is 3.82. The van der Waals surface area contributed by atoms with E-state index >= 15 is 0 Å². The van der Waals surface area contributed by atoms with Crippen molar-refractivity contribution in [3.63, 3.8) is 0 Å². The number of carbonyl (C=O) groups excluding carboxylic acids is 1. The van der Waals surface area contributed by atoms with E-state index in [9.17, 15) is 4.79 Å². The molecule has 0 saturated carbocycles. The van der Waals surface area contributed by atoms with Gasteiger partial charge in [-0.15, -0.1) is 6.58 Å². The van der Waals surface area contributed by atoms with Crippen LogP contribution in [0.4, 0.5) is 0 Å². The summed E-state index contributed by atoms with van der Waals surface area (Å²) in [5, 5.41) is 0. The van der Waals surface area contributed by atoms with Crippen LogP contribution >= 0.6 is 46.4 Å². The van der Waals surface area contributed by atoms with Gasteiger partial charge in [-0.1, -0.05) is 58.1 Å². The molecule has 2 bridgehead atoms. The van der Waals surface area contributed by atoms with Crippen LogP contribution in [-0.4, -0.2) is 26.2 Å². The molecule has 2 aliphatic rings. The third-order valence-corrected chi connectivity index (χ3v) is 5.45. The molecule has 0 spiro atoms. The minimum atomic E-state index is -1.81. The van der Waals surface area contributed by atoms with Gasteiger partial charge in [-0.25, -0.2) is 0 Å². The molecule has 0 aliphatic carbocycles. The van der Waals surface area contributed by atoms with E-state index in [-0.39, 0.29) is 0 Å². The number of alkyl halides is 4.